The molecule has 2 aromatic carbocycles. The first-order valence-electron chi connectivity index (χ1n) is 8.26. The first-order valence-corrected chi connectivity index (χ1v) is 10.5. The zero-order valence-electron chi connectivity index (χ0n) is 13.5. The van der Waals surface area contributed by atoms with Gasteiger partial charge in [0.15, 0.2) is 0 Å². The molecular weight excluding hydrogens is 404 g/mol. The Hall–Kier alpha value is -1.41. The van der Waals surface area contributed by atoms with Crippen molar-refractivity contribution in [1.29, 1.82) is 0 Å². The second kappa shape index (κ2) is 6.39. The monoisotopic (exact) mass is 422 g/mol. The van der Waals surface area contributed by atoms with Crippen molar-refractivity contribution < 1.29 is 13.5 Å². The number of anilines is 1. The number of sulfonamides is 1. The van der Waals surface area contributed by atoms with Gasteiger partial charge in [0, 0.05) is 22.6 Å². The van der Waals surface area contributed by atoms with Crippen LogP contribution in [0.2, 0.25) is 0 Å². The first-order chi connectivity index (χ1) is 12.0. The van der Waals surface area contributed by atoms with Crippen molar-refractivity contribution in [2.45, 2.75) is 23.4 Å². The van der Waals surface area contributed by atoms with Crippen molar-refractivity contribution >= 4 is 31.6 Å². The van der Waals surface area contributed by atoms with Crippen LogP contribution < -0.4 is 5.32 Å². The number of benzene rings is 2. The molecule has 1 saturated heterocycles. The fourth-order valence-electron chi connectivity index (χ4n) is 3.99. The van der Waals surface area contributed by atoms with Gasteiger partial charge < -0.3 is 10.4 Å². The van der Waals surface area contributed by atoms with E-state index >= 15 is 0 Å². The summed E-state index contributed by atoms with van der Waals surface area (Å²) in [6, 6.07) is 14.0. The van der Waals surface area contributed by atoms with Gasteiger partial charge in [-0.15, -0.1) is 0 Å². The molecule has 2 heterocycles. The van der Waals surface area contributed by atoms with Crippen LogP contribution in [0, 0.1) is 5.92 Å². The number of hydrogen-bond acceptors (Lipinski definition) is 4. The summed E-state index contributed by atoms with van der Waals surface area (Å²) in [7, 11) is -3.59. The van der Waals surface area contributed by atoms with Crippen LogP contribution in [-0.2, 0) is 10.0 Å². The van der Waals surface area contributed by atoms with Gasteiger partial charge >= 0.3 is 0 Å². The lowest BCUT2D eigenvalue weighted by atomic mass is 9.84. The van der Waals surface area contributed by atoms with E-state index < -0.39 is 10.0 Å². The largest absolute Gasteiger partial charge is 0.394 e. The molecule has 0 unspecified atom stereocenters. The summed E-state index contributed by atoms with van der Waals surface area (Å²) >= 11 is 3.49. The summed E-state index contributed by atoms with van der Waals surface area (Å²) in [6.45, 7) is 0.437. The van der Waals surface area contributed by atoms with Crippen molar-refractivity contribution in [3.05, 3.63) is 58.6 Å². The molecule has 2 N–H and O–H groups in total. The molecule has 0 bridgehead atoms. The maximum absolute atomic E-state index is 13.2. The van der Waals surface area contributed by atoms with E-state index in [9.17, 15) is 13.5 Å². The molecule has 3 atom stereocenters. The molecule has 2 aromatic rings. The number of fused-ring (bicyclic) bond motifs is 3. The average Bonchev–Trinajstić information content (AvgIpc) is 3.08. The van der Waals surface area contributed by atoms with E-state index in [-0.39, 0.29) is 24.6 Å². The normalized spacial score (nSPS) is 25.9. The van der Waals surface area contributed by atoms with Crippen molar-refractivity contribution in [2.24, 2.45) is 5.92 Å². The third-order valence-electron chi connectivity index (χ3n) is 5.14. The molecular formula is C18H19BrN2O3S. The molecule has 0 aromatic heterocycles. The van der Waals surface area contributed by atoms with E-state index in [1.54, 1.807) is 28.6 Å². The molecule has 25 heavy (non-hydrogen) atoms. The highest BCUT2D eigenvalue weighted by Crippen LogP contribution is 2.48. The van der Waals surface area contributed by atoms with Gasteiger partial charge in [0.1, 0.15) is 0 Å². The molecule has 1 fully saturated rings. The Labute approximate surface area is 155 Å². The molecule has 0 spiro atoms. The van der Waals surface area contributed by atoms with Crippen LogP contribution in [0.3, 0.4) is 0 Å². The van der Waals surface area contributed by atoms with Crippen LogP contribution in [0.25, 0.3) is 0 Å². The van der Waals surface area contributed by atoms with Gasteiger partial charge in [-0.25, -0.2) is 8.42 Å². The lowest BCUT2D eigenvalue weighted by molar-refractivity contribution is 0.210. The summed E-state index contributed by atoms with van der Waals surface area (Å²) in [4.78, 5) is 0.311. The Bertz CT molecular complexity index is 888. The van der Waals surface area contributed by atoms with Crippen molar-refractivity contribution in [3.8, 4) is 0 Å². The molecule has 132 valence electrons. The SMILES string of the molecule is O=S(=O)(c1ccccc1)N1CC[C@@H]2[C@H]1c1cc(Br)ccc1N[C@@H]2CO. The zero-order valence-corrected chi connectivity index (χ0v) is 15.9. The second-order valence-electron chi connectivity index (χ2n) is 6.49. The van der Waals surface area contributed by atoms with Crippen LogP contribution >= 0.6 is 15.9 Å². The quantitative estimate of drug-likeness (QED) is 0.797. The van der Waals surface area contributed by atoms with E-state index in [2.05, 4.69) is 21.2 Å². The van der Waals surface area contributed by atoms with Gasteiger partial charge in [-0.1, -0.05) is 34.1 Å². The topological polar surface area (TPSA) is 69.6 Å². The minimum atomic E-state index is -3.59. The van der Waals surface area contributed by atoms with Gasteiger partial charge in [0.25, 0.3) is 0 Å². The van der Waals surface area contributed by atoms with E-state index in [0.29, 0.717) is 11.4 Å². The highest BCUT2D eigenvalue weighted by atomic mass is 79.9. The third-order valence-corrected chi connectivity index (χ3v) is 7.52. The number of aliphatic hydroxyl groups is 1. The first kappa shape index (κ1) is 17.0. The summed E-state index contributed by atoms with van der Waals surface area (Å²) in [5.74, 6) is 0.0466. The van der Waals surface area contributed by atoms with Crippen molar-refractivity contribution in [3.63, 3.8) is 0 Å². The van der Waals surface area contributed by atoms with E-state index in [1.807, 2.05) is 24.3 Å². The molecule has 2 aliphatic heterocycles. The minimum Gasteiger partial charge on any atom is -0.394 e. The lowest BCUT2D eigenvalue weighted by Gasteiger charge is -2.38. The van der Waals surface area contributed by atoms with Gasteiger partial charge in [0.2, 0.25) is 10.0 Å². The Balaban J connectivity index is 1.82. The predicted molar refractivity (Wildman–Crippen MR) is 99.8 cm³/mol. The molecule has 2 aliphatic rings. The lowest BCUT2D eigenvalue weighted by Crippen LogP contribution is -2.42. The zero-order chi connectivity index (χ0) is 17.6. The van der Waals surface area contributed by atoms with Crippen LogP contribution in [0.5, 0.6) is 0 Å². The third kappa shape index (κ3) is 2.79. The molecule has 7 heteroatoms. The maximum atomic E-state index is 13.2. The van der Waals surface area contributed by atoms with Crippen molar-refractivity contribution in [2.75, 3.05) is 18.5 Å². The van der Waals surface area contributed by atoms with Gasteiger partial charge in [0.05, 0.1) is 23.6 Å². The summed E-state index contributed by atoms with van der Waals surface area (Å²) in [5, 5.41) is 13.1. The van der Waals surface area contributed by atoms with Gasteiger partial charge in [-0.2, -0.15) is 4.31 Å². The number of nitrogens with one attached hydrogen (secondary N) is 1. The van der Waals surface area contributed by atoms with Crippen LogP contribution in [0.4, 0.5) is 5.69 Å². The average molecular weight is 423 g/mol. The fraction of sp³-hybridized carbons (Fsp3) is 0.333. The predicted octanol–water partition coefficient (Wildman–Crippen LogP) is 2.99. The molecule has 0 amide bonds. The number of aliphatic hydroxyl groups excluding tert-OH is 1. The van der Waals surface area contributed by atoms with Gasteiger partial charge in [-0.3, -0.25) is 0 Å². The van der Waals surface area contributed by atoms with Crippen LogP contribution in [-0.4, -0.2) is 37.0 Å². The number of rotatable bonds is 3. The Morgan fingerprint density at radius 1 is 1.20 bits per heavy atom. The highest BCUT2D eigenvalue weighted by Gasteiger charge is 2.48. The highest BCUT2D eigenvalue weighted by molar-refractivity contribution is 9.10. The standard InChI is InChI=1S/C18H19BrN2O3S/c19-12-6-7-16-15(10-12)18-14(17(11-22)20-16)8-9-21(18)25(23,24)13-4-2-1-3-5-13/h1-7,10,14,17-18,20,22H,8-9,11H2/t14-,17+,18-/m0/s1. The molecule has 0 saturated carbocycles. The Morgan fingerprint density at radius 2 is 1.96 bits per heavy atom. The van der Waals surface area contributed by atoms with E-state index in [0.717, 1.165) is 22.1 Å². The Morgan fingerprint density at radius 3 is 2.68 bits per heavy atom. The minimum absolute atomic E-state index is 0.0180. The second-order valence-corrected chi connectivity index (χ2v) is 9.30. The van der Waals surface area contributed by atoms with Gasteiger partial charge in [-0.05, 0) is 42.3 Å². The maximum Gasteiger partial charge on any atom is 0.243 e. The van der Waals surface area contributed by atoms with E-state index in [4.69, 9.17) is 0 Å². The number of halogens is 1. The number of hydrogen-bond donors (Lipinski definition) is 2. The fourth-order valence-corrected chi connectivity index (χ4v) is 6.05. The molecule has 0 aliphatic carbocycles. The molecule has 4 rings (SSSR count). The smallest absolute Gasteiger partial charge is 0.243 e. The van der Waals surface area contributed by atoms with Crippen LogP contribution in [0.1, 0.15) is 18.0 Å². The summed E-state index contributed by atoms with van der Waals surface area (Å²) < 4.78 is 28.9. The molecule has 5 nitrogen and oxygen atoms in total. The summed E-state index contributed by atoms with van der Waals surface area (Å²) in [6.07, 6.45) is 0.723. The van der Waals surface area contributed by atoms with Crippen molar-refractivity contribution in [1.82, 2.24) is 4.31 Å². The van der Waals surface area contributed by atoms with E-state index in [1.165, 1.54) is 0 Å². The van der Waals surface area contributed by atoms with Crippen LogP contribution in [0.15, 0.2) is 57.9 Å². The summed E-state index contributed by atoms with van der Waals surface area (Å²) in [5.41, 5.74) is 1.85. The Kier molecular flexibility index (Phi) is 4.35. The molecule has 0 radical (unpaired) electrons. The number of nitrogens with zero attached hydrogens (tertiary/aromatic N) is 1.